The van der Waals surface area contributed by atoms with Gasteiger partial charge in [0, 0.05) is 56.4 Å². The van der Waals surface area contributed by atoms with Crippen LogP contribution >= 0.6 is 0 Å². The van der Waals surface area contributed by atoms with E-state index in [1.54, 1.807) is 7.11 Å². The lowest BCUT2D eigenvalue weighted by Crippen LogP contribution is -2.46. The minimum atomic E-state index is 0.922. The predicted octanol–water partition coefficient (Wildman–Crippen LogP) is 2.72. The Balaban J connectivity index is 1.59. The van der Waals surface area contributed by atoms with Gasteiger partial charge in [-0.2, -0.15) is 0 Å². The standard InChI is InChI=1S/C18H23N3O/c1-15-16(5-4-8-19-15)14-20-9-11-21(12-10-20)17-6-3-7-18(13-17)22-2/h3-8,13H,9-12,14H2,1-2H3. The zero-order valence-electron chi connectivity index (χ0n) is 13.3. The number of benzene rings is 1. The third-order valence-corrected chi connectivity index (χ3v) is 4.30. The van der Waals surface area contributed by atoms with Crippen molar-refractivity contribution in [3.63, 3.8) is 0 Å². The SMILES string of the molecule is COc1cccc(N2CCN(Cc3cccnc3C)CC2)c1. The molecule has 3 rings (SSSR count). The Morgan fingerprint density at radius 3 is 2.64 bits per heavy atom. The molecule has 22 heavy (non-hydrogen) atoms. The molecule has 4 nitrogen and oxygen atoms in total. The number of rotatable bonds is 4. The van der Waals surface area contributed by atoms with Gasteiger partial charge in [0.25, 0.3) is 0 Å². The molecule has 0 amide bonds. The average Bonchev–Trinajstić information content (AvgIpc) is 2.58. The summed E-state index contributed by atoms with van der Waals surface area (Å²) in [5, 5.41) is 0. The van der Waals surface area contributed by atoms with Crippen LogP contribution in [0.5, 0.6) is 5.75 Å². The highest BCUT2D eigenvalue weighted by molar-refractivity contribution is 5.51. The van der Waals surface area contributed by atoms with Crippen molar-refractivity contribution in [1.29, 1.82) is 0 Å². The predicted molar refractivity (Wildman–Crippen MR) is 89.5 cm³/mol. The lowest BCUT2D eigenvalue weighted by Gasteiger charge is -2.36. The molecular formula is C18H23N3O. The van der Waals surface area contributed by atoms with Gasteiger partial charge in [-0.1, -0.05) is 12.1 Å². The number of aryl methyl sites for hydroxylation is 1. The fourth-order valence-electron chi connectivity index (χ4n) is 2.90. The van der Waals surface area contributed by atoms with Crippen molar-refractivity contribution in [3.05, 3.63) is 53.9 Å². The van der Waals surface area contributed by atoms with E-state index in [1.165, 1.54) is 11.3 Å². The Hall–Kier alpha value is -2.07. The molecule has 0 atom stereocenters. The van der Waals surface area contributed by atoms with Gasteiger partial charge in [-0.25, -0.2) is 0 Å². The fraction of sp³-hybridized carbons (Fsp3) is 0.389. The molecule has 2 heterocycles. The number of pyridine rings is 1. The Labute approximate surface area is 132 Å². The minimum absolute atomic E-state index is 0.922. The molecule has 4 heteroatoms. The van der Waals surface area contributed by atoms with Crippen LogP contribution < -0.4 is 9.64 Å². The first-order valence-corrected chi connectivity index (χ1v) is 7.78. The van der Waals surface area contributed by atoms with E-state index in [-0.39, 0.29) is 0 Å². The lowest BCUT2D eigenvalue weighted by molar-refractivity contribution is 0.249. The number of anilines is 1. The summed E-state index contributed by atoms with van der Waals surface area (Å²) in [5.41, 5.74) is 3.71. The Kier molecular flexibility index (Phi) is 4.59. The van der Waals surface area contributed by atoms with Gasteiger partial charge >= 0.3 is 0 Å². The van der Waals surface area contributed by atoms with Crippen molar-refractivity contribution in [2.24, 2.45) is 0 Å². The molecule has 116 valence electrons. The van der Waals surface area contributed by atoms with Crippen LogP contribution in [0, 0.1) is 6.92 Å². The summed E-state index contributed by atoms with van der Waals surface area (Å²) < 4.78 is 5.31. The number of methoxy groups -OCH3 is 1. The molecule has 0 N–H and O–H groups in total. The maximum Gasteiger partial charge on any atom is 0.120 e. The van der Waals surface area contributed by atoms with Crippen molar-refractivity contribution in [1.82, 2.24) is 9.88 Å². The molecule has 1 aliphatic rings. The van der Waals surface area contributed by atoms with E-state index >= 15 is 0 Å². The number of ether oxygens (including phenoxy) is 1. The van der Waals surface area contributed by atoms with Crippen molar-refractivity contribution >= 4 is 5.69 Å². The first kappa shape index (κ1) is 14.9. The Bertz CT molecular complexity index is 621. The van der Waals surface area contributed by atoms with Crippen LogP contribution in [-0.2, 0) is 6.54 Å². The maximum absolute atomic E-state index is 5.31. The third-order valence-electron chi connectivity index (χ3n) is 4.30. The summed E-state index contributed by atoms with van der Waals surface area (Å²) >= 11 is 0. The van der Waals surface area contributed by atoms with Crippen LogP contribution in [-0.4, -0.2) is 43.2 Å². The number of aromatic nitrogens is 1. The van der Waals surface area contributed by atoms with E-state index in [0.717, 1.165) is 44.2 Å². The highest BCUT2D eigenvalue weighted by Gasteiger charge is 2.18. The smallest absolute Gasteiger partial charge is 0.120 e. The van der Waals surface area contributed by atoms with Crippen LogP contribution in [0.2, 0.25) is 0 Å². The van der Waals surface area contributed by atoms with E-state index in [1.807, 2.05) is 18.3 Å². The molecule has 1 aromatic carbocycles. The molecular weight excluding hydrogens is 274 g/mol. The summed E-state index contributed by atoms with van der Waals surface area (Å²) in [6.07, 6.45) is 1.86. The van der Waals surface area contributed by atoms with Crippen LogP contribution in [0.4, 0.5) is 5.69 Å². The minimum Gasteiger partial charge on any atom is -0.497 e. The maximum atomic E-state index is 5.31. The Morgan fingerprint density at radius 2 is 1.91 bits per heavy atom. The monoisotopic (exact) mass is 297 g/mol. The van der Waals surface area contributed by atoms with Gasteiger partial charge in [-0.3, -0.25) is 9.88 Å². The van der Waals surface area contributed by atoms with Crippen molar-refractivity contribution in [3.8, 4) is 5.75 Å². The first-order chi connectivity index (χ1) is 10.8. The molecule has 0 radical (unpaired) electrons. The van der Waals surface area contributed by atoms with Gasteiger partial charge in [0.1, 0.15) is 5.75 Å². The Morgan fingerprint density at radius 1 is 1.09 bits per heavy atom. The highest BCUT2D eigenvalue weighted by atomic mass is 16.5. The second-order valence-corrected chi connectivity index (χ2v) is 5.71. The van der Waals surface area contributed by atoms with Crippen LogP contribution in [0.1, 0.15) is 11.3 Å². The van der Waals surface area contributed by atoms with Gasteiger partial charge in [-0.15, -0.1) is 0 Å². The molecule has 0 unspecified atom stereocenters. The van der Waals surface area contributed by atoms with Gasteiger partial charge in [-0.05, 0) is 30.7 Å². The van der Waals surface area contributed by atoms with E-state index in [2.05, 4.69) is 46.0 Å². The molecule has 0 spiro atoms. The van der Waals surface area contributed by atoms with Gasteiger partial charge in [0.2, 0.25) is 0 Å². The van der Waals surface area contributed by atoms with Crippen molar-refractivity contribution in [2.75, 3.05) is 38.2 Å². The van der Waals surface area contributed by atoms with E-state index in [9.17, 15) is 0 Å². The van der Waals surface area contributed by atoms with Crippen LogP contribution in [0.15, 0.2) is 42.6 Å². The van der Waals surface area contributed by atoms with Crippen molar-refractivity contribution < 1.29 is 4.74 Å². The molecule has 0 saturated carbocycles. The molecule has 0 bridgehead atoms. The third kappa shape index (κ3) is 3.39. The molecule has 1 saturated heterocycles. The normalized spacial score (nSPS) is 15.8. The number of nitrogens with zero attached hydrogens (tertiary/aromatic N) is 3. The van der Waals surface area contributed by atoms with Gasteiger partial charge in [0.15, 0.2) is 0 Å². The summed E-state index contributed by atoms with van der Waals surface area (Å²) in [7, 11) is 1.72. The second kappa shape index (κ2) is 6.79. The average molecular weight is 297 g/mol. The first-order valence-electron chi connectivity index (χ1n) is 7.78. The number of piperazine rings is 1. The second-order valence-electron chi connectivity index (χ2n) is 5.71. The zero-order chi connectivity index (χ0) is 15.4. The number of hydrogen-bond acceptors (Lipinski definition) is 4. The number of hydrogen-bond donors (Lipinski definition) is 0. The van der Waals surface area contributed by atoms with Crippen molar-refractivity contribution in [2.45, 2.75) is 13.5 Å². The van der Waals surface area contributed by atoms with E-state index < -0.39 is 0 Å². The lowest BCUT2D eigenvalue weighted by atomic mass is 10.1. The molecule has 1 aromatic heterocycles. The highest BCUT2D eigenvalue weighted by Crippen LogP contribution is 2.22. The van der Waals surface area contributed by atoms with E-state index in [0.29, 0.717) is 0 Å². The molecule has 1 aliphatic heterocycles. The topological polar surface area (TPSA) is 28.6 Å². The van der Waals surface area contributed by atoms with Crippen LogP contribution in [0.3, 0.4) is 0 Å². The molecule has 2 aromatic rings. The molecule has 0 aliphatic carbocycles. The van der Waals surface area contributed by atoms with Gasteiger partial charge in [0.05, 0.1) is 7.11 Å². The molecule has 1 fully saturated rings. The quantitative estimate of drug-likeness (QED) is 0.867. The van der Waals surface area contributed by atoms with Gasteiger partial charge < -0.3 is 9.64 Å². The largest absolute Gasteiger partial charge is 0.497 e. The zero-order valence-corrected chi connectivity index (χ0v) is 13.3. The summed E-state index contributed by atoms with van der Waals surface area (Å²) in [6, 6.07) is 12.5. The van der Waals surface area contributed by atoms with Crippen LogP contribution in [0.25, 0.3) is 0 Å². The van der Waals surface area contributed by atoms with E-state index in [4.69, 9.17) is 4.74 Å². The summed E-state index contributed by atoms with van der Waals surface area (Å²) in [6.45, 7) is 7.32. The summed E-state index contributed by atoms with van der Waals surface area (Å²) in [5.74, 6) is 0.922. The summed E-state index contributed by atoms with van der Waals surface area (Å²) in [4.78, 5) is 9.30. The fourth-order valence-corrected chi connectivity index (χ4v) is 2.90.